The molecule has 2 amide bonds. The number of para-hydroxylation sites is 1. The fourth-order valence-electron chi connectivity index (χ4n) is 2.52. The van der Waals surface area contributed by atoms with Gasteiger partial charge in [0.1, 0.15) is 12.6 Å². The molecule has 0 saturated carbocycles. The van der Waals surface area contributed by atoms with Crippen molar-refractivity contribution in [2.75, 3.05) is 5.32 Å². The number of nitrogens with zero attached hydrogens (tertiary/aromatic N) is 2. The lowest BCUT2D eigenvalue weighted by Crippen LogP contribution is -2.47. The van der Waals surface area contributed by atoms with Gasteiger partial charge in [-0.2, -0.15) is 0 Å². The van der Waals surface area contributed by atoms with Gasteiger partial charge in [0, 0.05) is 23.3 Å². The van der Waals surface area contributed by atoms with Gasteiger partial charge in [0.05, 0.1) is 5.69 Å². The minimum atomic E-state index is -0.838. The van der Waals surface area contributed by atoms with Gasteiger partial charge >= 0.3 is 12.0 Å². The van der Waals surface area contributed by atoms with E-state index < -0.39 is 18.0 Å². The van der Waals surface area contributed by atoms with Crippen LogP contribution in [-0.4, -0.2) is 27.4 Å². The highest BCUT2D eigenvalue weighted by atomic mass is 32.1. The lowest BCUT2D eigenvalue weighted by molar-refractivity contribution is -0.148. The fourth-order valence-corrected chi connectivity index (χ4v) is 3.26. The average Bonchev–Trinajstić information content (AvgIpc) is 3.14. The SMILES string of the molecule is CC(C)[C@@H](NC(=O)Nc1ccccc1)C(=O)OCc1cc(=O)n2ccsc2n1. The van der Waals surface area contributed by atoms with Crippen molar-refractivity contribution >= 4 is 34.0 Å². The van der Waals surface area contributed by atoms with E-state index in [1.54, 1.807) is 49.7 Å². The molecule has 0 aliphatic carbocycles. The Bertz CT molecular complexity index is 1030. The molecule has 0 aliphatic heterocycles. The number of aromatic nitrogens is 2. The Morgan fingerprint density at radius 2 is 2.00 bits per heavy atom. The molecule has 0 fully saturated rings. The molecule has 3 aromatic rings. The summed E-state index contributed by atoms with van der Waals surface area (Å²) in [6, 6.07) is 8.90. The fraction of sp³-hybridized carbons (Fsp3) is 0.263. The molecule has 2 N–H and O–H groups in total. The molecule has 0 radical (unpaired) electrons. The Hall–Kier alpha value is -3.20. The van der Waals surface area contributed by atoms with Crippen LogP contribution < -0.4 is 16.2 Å². The number of hydrogen-bond acceptors (Lipinski definition) is 6. The van der Waals surface area contributed by atoms with E-state index in [2.05, 4.69) is 15.6 Å². The monoisotopic (exact) mass is 400 g/mol. The van der Waals surface area contributed by atoms with Gasteiger partial charge in [0.2, 0.25) is 0 Å². The maximum atomic E-state index is 12.5. The third kappa shape index (κ3) is 4.74. The quantitative estimate of drug-likeness (QED) is 0.620. The summed E-state index contributed by atoms with van der Waals surface area (Å²) in [5.74, 6) is -0.779. The molecule has 28 heavy (non-hydrogen) atoms. The summed E-state index contributed by atoms with van der Waals surface area (Å²) >= 11 is 1.32. The second-order valence-corrected chi connectivity index (χ2v) is 7.31. The summed E-state index contributed by atoms with van der Waals surface area (Å²) in [4.78, 5) is 41.5. The number of rotatable bonds is 6. The third-order valence-electron chi connectivity index (χ3n) is 3.96. The van der Waals surface area contributed by atoms with Gasteiger partial charge in [-0.1, -0.05) is 32.0 Å². The minimum absolute atomic E-state index is 0.145. The number of urea groups is 1. The summed E-state index contributed by atoms with van der Waals surface area (Å²) in [6.07, 6.45) is 1.63. The predicted octanol–water partition coefficient (Wildman–Crippen LogP) is 2.65. The van der Waals surface area contributed by atoms with Crippen molar-refractivity contribution in [2.45, 2.75) is 26.5 Å². The predicted molar refractivity (Wildman–Crippen MR) is 106 cm³/mol. The first-order chi connectivity index (χ1) is 13.4. The van der Waals surface area contributed by atoms with Crippen LogP contribution in [0, 0.1) is 5.92 Å². The van der Waals surface area contributed by atoms with Gasteiger partial charge in [0.25, 0.3) is 5.56 Å². The highest BCUT2D eigenvalue weighted by Gasteiger charge is 2.26. The normalized spacial score (nSPS) is 12.0. The highest BCUT2D eigenvalue weighted by Crippen LogP contribution is 2.10. The van der Waals surface area contributed by atoms with Gasteiger partial charge in [-0.05, 0) is 18.1 Å². The number of fused-ring (bicyclic) bond motifs is 1. The van der Waals surface area contributed by atoms with Crippen molar-refractivity contribution < 1.29 is 14.3 Å². The summed E-state index contributed by atoms with van der Waals surface area (Å²) in [5, 5.41) is 7.05. The van der Waals surface area contributed by atoms with Gasteiger partial charge in [-0.25, -0.2) is 14.6 Å². The molecule has 2 aromatic heterocycles. The molecule has 9 heteroatoms. The van der Waals surface area contributed by atoms with Crippen molar-refractivity contribution in [3.8, 4) is 0 Å². The van der Waals surface area contributed by atoms with Crippen LogP contribution in [0.5, 0.6) is 0 Å². The van der Waals surface area contributed by atoms with Crippen molar-refractivity contribution in [2.24, 2.45) is 5.92 Å². The van der Waals surface area contributed by atoms with Gasteiger partial charge in [0.15, 0.2) is 4.96 Å². The molecule has 8 nitrogen and oxygen atoms in total. The number of thiazole rings is 1. The Kier molecular flexibility index (Phi) is 6.05. The smallest absolute Gasteiger partial charge is 0.329 e. The lowest BCUT2D eigenvalue weighted by atomic mass is 10.1. The topological polar surface area (TPSA) is 102 Å². The molecule has 2 heterocycles. The number of esters is 1. The average molecular weight is 400 g/mol. The van der Waals surface area contributed by atoms with E-state index >= 15 is 0 Å². The molecular formula is C19H20N4O4S. The van der Waals surface area contributed by atoms with Gasteiger partial charge in [-0.3, -0.25) is 9.20 Å². The van der Waals surface area contributed by atoms with E-state index in [0.29, 0.717) is 16.3 Å². The molecular weight excluding hydrogens is 380 g/mol. The van der Waals surface area contributed by atoms with E-state index in [0.717, 1.165) is 0 Å². The second-order valence-electron chi connectivity index (χ2n) is 6.44. The van der Waals surface area contributed by atoms with E-state index in [1.165, 1.54) is 21.8 Å². The number of ether oxygens (including phenoxy) is 1. The number of hydrogen-bond donors (Lipinski definition) is 2. The molecule has 0 bridgehead atoms. The highest BCUT2D eigenvalue weighted by molar-refractivity contribution is 7.15. The zero-order chi connectivity index (χ0) is 20.1. The molecule has 146 valence electrons. The number of carbonyl (C=O) groups is 2. The van der Waals surface area contributed by atoms with Crippen molar-refractivity contribution in [3.63, 3.8) is 0 Å². The third-order valence-corrected chi connectivity index (χ3v) is 4.71. The van der Waals surface area contributed by atoms with Crippen molar-refractivity contribution in [1.29, 1.82) is 0 Å². The maximum absolute atomic E-state index is 12.5. The number of nitrogens with one attached hydrogen (secondary N) is 2. The largest absolute Gasteiger partial charge is 0.458 e. The van der Waals surface area contributed by atoms with Crippen molar-refractivity contribution in [3.05, 3.63) is 64.0 Å². The van der Waals surface area contributed by atoms with Crippen LogP contribution in [0.25, 0.3) is 4.96 Å². The minimum Gasteiger partial charge on any atom is -0.458 e. The second kappa shape index (κ2) is 8.66. The van der Waals surface area contributed by atoms with E-state index in [-0.39, 0.29) is 18.1 Å². The Balaban J connectivity index is 1.62. The van der Waals surface area contributed by atoms with Crippen LogP contribution in [0.2, 0.25) is 0 Å². The van der Waals surface area contributed by atoms with E-state index in [9.17, 15) is 14.4 Å². The maximum Gasteiger partial charge on any atom is 0.329 e. The van der Waals surface area contributed by atoms with Crippen LogP contribution in [0.4, 0.5) is 10.5 Å². The first-order valence-corrected chi connectivity index (χ1v) is 9.57. The Morgan fingerprint density at radius 1 is 1.25 bits per heavy atom. The van der Waals surface area contributed by atoms with Crippen LogP contribution in [0.1, 0.15) is 19.5 Å². The Labute approximate surface area is 165 Å². The summed E-state index contributed by atoms with van der Waals surface area (Å²) in [7, 11) is 0. The zero-order valence-corrected chi connectivity index (χ0v) is 16.2. The first kappa shape index (κ1) is 19.6. The molecule has 0 saturated heterocycles. The lowest BCUT2D eigenvalue weighted by Gasteiger charge is -2.21. The molecule has 3 rings (SSSR count). The summed E-state index contributed by atoms with van der Waals surface area (Å²) in [6.45, 7) is 3.46. The van der Waals surface area contributed by atoms with Gasteiger partial charge < -0.3 is 15.4 Å². The van der Waals surface area contributed by atoms with Crippen LogP contribution in [0.3, 0.4) is 0 Å². The summed E-state index contributed by atoms with van der Waals surface area (Å²) in [5.41, 5.74) is 0.736. The molecule has 1 aromatic carbocycles. The van der Waals surface area contributed by atoms with E-state index in [4.69, 9.17) is 4.74 Å². The van der Waals surface area contributed by atoms with E-state index in [1.807, 2.05) is 6.07 Å². The van der Waals surface area contributed by atoms with Gasteiger partial charge in [-0.15, -0.1) is 11.3 Å². The number of amides is 2. The van der Waals surface area contributed by atoms with Crippen molar-refractivity contribution in [1.82, 2.24) is 14.7 Å². The number of carbonyl (C=O) groups excluding carboxylic acids is 2. The molecule has 0 aliphatic rings. The Morgan fingerprint density at radius 3 is 2.71 bits per heavy atom. The number of benzene rings is 1. The number of anilines is 1. The standard InChI is InChI=1S/C19H20N4O4S/c1-12(2)16(22-18(26)20-13-6-4-3-5-7-13)17(25)27-11-14-10-15(24)23-8-9-28-19(23)21-14/h3-10,12,16H,11H2,1-2H3,(H2,20,22,26)/t16-/m1/s1. The first-order valence-electron chi connectivity index (χ1n) is 8.69. The molecule has 0 unspecified atom stereocenters. The van der Waals surface area contributed by atoms with Crippen LogP contribution >= 0.6 is 11.3 Å². The molecule has 0 spiro atoms. The zero-order valence-electron chi connectivity index (χ0n) is 15.4. The van der Waals surface area contributed by atoms with Crippen LogP contribution in [-0.2, 0) is 16.1 Å². The summed E-state index contributed by atoms with van der Waals surface area (Å²) < 4.78 is 6.71. The molecule has 1 atom stereocenters. The van der Waals surface area contributed by atoms with Crippen LogP contribution in [0.15, 0.2) is 52.8 Å².